The first-order valence-electron chi connectivity index (χ1n) is 6.11. The van der Waals surface area contributed by atoms with Gasteiger partial charge in [-0.15, -0.1) is 0 Å². The Hall–Kier alpha value is -1.67. The van der Waals surface area contributed by atoms with Crippen molar-refractivity contribution in [3.8, 4) is 11.9 Å². The van der Waals surface area contributed by atoms with Crippen LogP contribution in [0.5, 0.6) is 5.75 Å². The van der Waals surface area contributed by atoms with Crippen molar-refractivity contribution in [2.24, 2.45) is 4.99 Å². The van der Waals surface area contributed by atoms with Crippen LogP contribution in [0.15, 0.2) is 23.2 Å². The number of nitriles is 1. The number of nitrogens with zero attached hydrogens (tertiary/aromatic N) is 2. The van der Waals surface area contributed by atoms with E-state index >= 15 is 0 Å². The normalized spacial score (nSPS) is 10.9. The Kier molecular flexibility index (Phi) is 6.83. The maximum absolute atomic E-state index is 8.50. The molecule has 0 saturated heterocycles. The fourth-order valence-electron chi connectivity index (χ4n) is 1.65. The smallest absolute Gasteiger partial charge is 0.183 e. The molecular formula is C14H19N3OS. The maximum atomic E-state index is 8.50. The molecule has 1 N–H and O–H groups in total. The van der Waals surface area contributed by atoms with Crippen LogP contribution in [0.4, 0.5) is 0 Å². The topological polar surface area (TPSA) is 57.4 Å². The first-order chi connectivity index (χ1) is 9.19. The Balaban J connectivity index is 2.37. The molecule has 0 unspecified atom stereocenters. The van der Waals surface area contributed by atoms with E-state index in [-0.39, 0.29) is 0 Å². The molecule has 0 aliphatic heterocycles. The summed E-state index contributed by atoms with van der Waals surface area (Å²) < 4.78 is 5.78. The predicted molar refractivity (Wildman–Crippen MR) is 80.6 cm³/mol. The maximum Gasteiger partial charge on any atom is 0.183 e. The Morgan fingerprint density at radius 3 is 2.68 bits per heavy atom. The fourth-order valence-corrected chi connectivity index (χ4v) is 2.02. The number of amidine groups is 1. The van der Waals surface area contributed by atoms with Crippen molar-refractivity contribution in [3.63, 3.8) is 0 Å². The van der Waals surface area contributed by atoms with Gasteiger partial charge in [0.25, 0.3) is 0 Å². The van der Waals surface area contributed by atoms with E-state index in [4.69, 9.17) is 10.00 Å². The summed E-state index contributed by atoms with van der Waals surface area (Å²) >= 11 is 1.43. The largest absolute Gasteiger partial charge is 0.493 e. The molecule has 0 aliphatic carbocycles. The Bertz CT molecular complexity index is 460. The van der Waals surface area contributed by atoms with E-state index in [1.807, 2.05) is 44.5 Å². The third-order valence-corrected chi connectivity index (χ3v) is 3.19. The summed E-state index contributed by atoms with van der Waals surface area (Å²) in [5.41, 5.74) is 2.30. The van der Waals surface area contributed by atoms with E-state index in [0.29, 0.717) is 18.3 Å². The molecule has 0 amide bonds. The van der Waals surface area contributed by atoms with Crippen LogP contribution in [0, 0.1) is 25.3 Å². The minimum atomic E-state index is 0.628. The van der Waals surface area contributed by atoms with Crippen molar-refractivity contribution in [3.05, 3.63) is 29.3 Å². The number of hydrogen-bond donors (Lipinski definition) is 1. The lowest BCUT2D eigenvalue weighted by Crippen LogP contribution is -2.14. The molecular weight excluding hydrogens is 258 g/mol. The summed E-state index contributed by atoms with van der Waals surface area (Å²) in [6, 6.07) is 6.12. The van der Waals surface area contributed by atoms with Crippen LogP contribution in [0.2, 0.25) is 0 Å². The summed E-state index contributed by atoms with van der Waals surface area (Å²) in [6.45, 7) is 5.37. The zero-order valence-corrected chi connectivity index (χ0v) is 12.4. The summed E-state index contributed by atoms with van der Waals surface area (Å²) in [7, 11) is 0. The van der Waals surface area contributed by atoms with Crippen LogP contribution < -0.4 is 10.1 Å². The second-order valence-electron chi connectivity index (χ2n) is 4.05. The number of aryl methyl sites for hydroxylation is 2. The van der Waals surface area contributed by atoms with E-state index in [0.717, 1.165) is 23.3 Å². The highest BCUT2D eigenvalue weighted by molar-refractivity contribution is 8.13. The van der Waals surface area contributed by atoms with Gasteiger partial charge in [-0.05, 0) is 31.2 Å². The molecule has 0 fully saturated rings. The molecule has 1 rings (SSSR count). The van der Waals surface area contributed by atoms with E-state index < -0.39 is 0 Å². The molecule has 1 aromatic carbocycles. The molecule has 0 aromatic heterocycles. The number of nitrogens with one attached hydrogen (secondary N) is 1. The number of thioether (sulfide) groups is 1. The van der Waals surface area contributed by atoms with Crippen molar-refractivity contribution in [2.45, 2.75) is 20.3 Å². The monoisotopic (exact) mass is 277 g/mol. The van der Waals surface area contributed by atoms with Crippen molar-refractivity contribution >= 4 is 16.9 Å². The highest BCUT2D eigenvalue weighted by Gasteiger charge is 2.02. The second-order valence-corrected chi connectivity index (χ2v) is 4.85. The molecule has 0 radical (unpaired) electrons. The number of benzene rings is 1. The summed E-state index contributed by atoms with van der Waals surface area (Å²) in [6.07, 6.45) is 4.58. The van der Waals surface area contributed by atoms with E-state index in [1.54, 1.807) is 0 Å². The summed E-state index contributed by atoms with van der Waals surface area (Å²) in [5, 5.41) is 11.7. The highest BCUT2D eigenvalue weighted by atomic mass is 32.2. The van der Waals surface area contributed by atoms with Gasteiger partial charge in [0.2, 0.25) is 0 Å². The van der Waals surface area contributed by atoms with Gasteiger partial charge in [0.05, 0.1) is 6.61 Å². The van der Waals surface area contributed by atoms with Crippen LogP contribution in [0.25, 0.3) is 0 Å². The standard InChI is InChI=1S/C14H19N3OS/c1-11-6-4-7-12(2)13(11)18-9-5-8-16-14(19-3)17-10-15/h4,6-7H,5,8-9H2,1-3H3,(H,16,17). The number of ether oxygens (including phenoxy) is 1. The van der Waals surface area contributed by atoms with E-state index in [2.05, 4.69) is 10.3 Å². The van der Waals surface area contributed by atoms with Gasteiger partial charge in [0.15, 0.2) is 11.4 Å². The van der Waals surface area contributed by atoms with Crippen LogP contribution in [0.1, 0.15) is 17.5 Å². The lowest BCUT2D eigenvalue weighted by atomic mass is 10.1. The third-order valence-electron chi connectivity index (χ3n) is 2.57. The number of para-hydroxylation sites is 1. The Morgan fingerprint density at radius 1 is 1.42 bits per heavy atom. The number of rotatable bonds is 5. The van der Waals surface area contributed by atoms with Crippen molar-refractivity contribution in [2.75, 3.05) is 19.4 Å². The van der Waals surface area contributed by atoms with Gasteiger partial charge in [-0.3, -0.25) is 10.3 Å². The molecule has 0 saturated carbocycles. The highest BCUT2D eigenvalue weighted by Crippen LogP contribution is 2.22. The second kappa shape index (κ2) is 8.44. The SMILES string of the molecule is CSC(=NCCCOc1c(C)cccc1C)NC#N. The minimum absolute atomic E-state index is 0.628. The van der Waals surface area contributed by atoms with E-state index in [9.17, 15) is 0 Å². The fraction of sp³-hybridized carbons (Fsp3) is 0.429. The zero-order chi connectivity index (χ0) is 14.1. The molecule has 0 heterocycles. The van der Waals surface area contributed by atoms with Crippen molar-refractivity contribution in [1.29, 1.82) is 5.26 Å². The molecule has 19 heavy (non-hydrogen) atoms. The minimum Gasteiger partial charge on any atom is -0.493 e. The number of aliphatic imine (C=N–C) groups is 1. The van der Waals surface area contributed by atoms with Gasteiger partial charge < -0.3 is 4.74 Å². The van der Waals surface area contributed by atoms with Gasteiger partial charge in [0, 0.05) is 13.0 Å². The van der Waals surface area contributed by atoms with Crippen LogP contribution in [0.3, 0.4) is 0 Å². The summed E-state index contributed by atoms with van der Waals surface area (Å²) in [4.78, 5) is 4.27. The predicted octanol–water partition coefficient (Wildman–Crippen LogP) is 2.86. The molecule has 0 spiro atoms. The third kappa shape index (κ3) is 5.23. The first-order valence-corrected chi connectivity index (χ1v) is 7.34. The van der Waals surface area contributed by atoms with Crippen LogP contribution in [-0.2, 0) is 0 Å². The quantitative estimate of drug-likeness (QED) is 0.295. The van der Waals surface area contributed by atoms with Gasteiger partial charge in [-0.2, -0.15) is 5.26 Å². The van der Waals surface area contributed by atoms with Crippen LogP contribution >= 0.6 is 11.8 Å². The Labute approximate surface area is 118 Å². The zero-order valence-electron chi connectivity index (χ0n) is 11.6. The van der Waals surface area contributed by atoms with Gasteiger partial charge in [-0.25, -0.2) is 0 Å². The summed E-state index contributed by atoms with van der Waals surface area (Å²) in [5.74, 6) is 0.965. The molecule has 0 atom stereocenters. The number of hydrogen-bond acceptors (Lipinski definition) is 4. The molecule has 102 valence electrons. The molecule has 5 heteroatoms. The molecule has 0 aliphatic rings. The average Bonchev–Trinajstić information content (AvgIpc) is 2.40. The van der Waals surface area contributed by atoms with Gasteiger partial charge in [0.1, 0.15) is 5.75 Å². The van der Waals surface area contributed by atoms with E-state index in [1.165, 1.54) is 11.8 Å². The van der Waals surface area contributed by atoms with Crippen LogP contribution in [-0.4, -0.2) is 24.6 Å². The Morgan fingerprint density at radius 2 is 2.11 bits per heavy atom. The van der Waals surface area contributed by atoms with Gasteiger partial charge >= 0.3 is 0 Å². The lowest BCUT2D eigenvalue weighted by molar-refractivity contribution is 0.309. The first kappa shape index (κ1) is 15.4. The van der Waals surface area contributed by atoms with Gasteiger partial charge in [-0.1, -0.05) is 30.0 Å². The lowest BCUT2D eigenvalue weighted by Gasteiger charge is -2.11. The molecule has 0 bridgehead atoms. The van der Waals surface area contributed by atoms with Crippen molar-refractivity contribution < 1.29 is 4.74 Å². The molecule has 1 aromatic rings. The average molecular weight is 277 g/mol. The molecule has 4 nitrogen and oxygen atoms in total. The van der Waals surface area contributed by atoms with Crippen molar-refractivity contribution in [1.82, 2.24) is 5.32 Å².